The van der Waals surface area contributed by atoms with Crippen LogP contribution in [0.1, 0.15) is 41.6 Å². The second-order valence-electron chi connectivity index (χ2n) is 9.06. The zero-order valence-corrected chi connectivity index (χ0v) is 20.6. The van der Waals surface area contributed by atoms with Crippen LogP contribution < -0.4 is 9.47 Å². The van der Waals surface area contributed by atoms with Gasteiger partial charge in [-0.25, -0.2) is 0 Å². The molecule has 0 spiro atoms. The van der Waals surface area contributed by atoms with Gasteiger partial charge in [0.1, 0.15) is 18.1 Å². The van der Waals surface area contributed by atoms with Crippen molar-refractivity contribution in [3.05, 3.63) is 107 Å². The zero-order chi connectivity index (χ0) is 24.4. The van der Waals surface area contributed by atoms with E-state index in [-0.39, 0.29) is 0 Å². The van der Waals surface area contributed by atoms with Gasteiger partial charge in [0.05, 0.1) is 18.4 Å². The van der Waals surface area contributed by atoms with Crippen LogP contribution in [0.25, 0.3) is 5.57 Å². The molecule has 0 saturated carbocycles. The van der Waals surface area contributed by atoms with Crippen molar-refractivity contribution in [1.82, 2.24) is 9.88 Å². The molecule has 3 aromatic rings. The molecule has 1 fully saturated rings. The first kappa shape index (κ1) is 23.5. The van der Waals surface area contributed by atoms with Gasteiger partial charge >= 0.3 is 0 Å². The molecule has 0 aliphatic carbocycles. The lowest BCUT2D eigenvalue weighted by Gasteiger charge is -2.40. The Morgan fingerprint density at radius 1 is 1.17 bits per heavy atom. The molecule has 6 heteroatoms. The minimum atomic E-state index is -0.835. The number of likely N-dealkylation sites (tertiary alicyclic amines) is 1. The van der Waals surface area contributed by atoms with Crippen molar-refractivity contribution in [1.29, 1.82) is 0 Å². The highest BCUT2D eigenvalue weighted by Gasteiger charge is 2.34. The normalized spacial score (nSPS) is 17.7. The van der Waals surface area contributed by atoms with E-state index in [1.807, 2.05) is 48.5 Å². The quantitative estimate of drug-likeness (QED) is 0.480. The van der Waals surface area contributed by atoms with Crippen LogP contribution >= 0.6 is 11.6 Å². The molecule has 3 heterocycles. The first-order valence-electron chi connectivity index (χ1n) is 11.8. The average molecular weight is 489 g/mol. The molecule has 0 radical (unpaired) electrons. The number of benzene rings is 2. The Balaban J connectivity index is 1.36. The number of halogens is 1. The van der Waals surface area contributed by atoms with Crippen LogP contribution in [0.3, 0.4) is 0 Å². The van der Waals surface area contributed by atoms with Gasteiger partial charge in [0, 0.05) is 47.6 Å². The van der Waals surface area contributed by atoms with Gasteiger partial charge in [-0.3, -0.25) is 4.98 Å². The van der Waals surface area contributed by atoms with Crippen molar-refractivity contribution in [2.75, 3.05) is 20.2 Å². The Labute approximate surface area is 211 Å². The molecular weight excluding hydrogens is 460 g/mol. The van der Waals surface area contributed by atoms with Crippen LogP contribution in [0.4, 0.5) is 0 Å². The van der Waals surface area contributed by atoms with Gasteiger partial charge in [-0.15, -0.1) is 0 Å². The third-order valence-corrected chi connectivity index (χ3v) is 7.23. The van der Waals surface area contributed by atoms with E-state index in [1.165, 1.54) is 0 Å². The van der Waals surface area contributed by atoms with E-state index in [9.17, 15) is 5.11 Å². The first-order chi connectivity index (χ1) is 17.0. The van der Waals surface area contributed by atoms with E-state index in [2.05, 4.69) is 28.6 Å². The molecule has 2 aliphatic rings. The SMILES string of the molecule is C=C(C/C=C1\c2cc(OC)ccc2OCc2ncccc21)N1CCC(O)(c2ccc(Cl)cc2)CC1. The lowest BCUT2D eigenvalue weighted by molar-refractivity contribution is -0.0188. The van der Waals surface area contributed by atoms with Gasteiger partial charge in [-0.05, 0) is 60.4 Å². The second kappa shape index (κ2) is 9.76. The van der Waals surface area contributed by atoms with Gasteiger partial charge in [-0.2, -0.15) is 0 Å². The molecular formula is C29H29ClN2O3. The van der Waals surface area contributed by atoms with Gasteiger partial charge in [0.2, 0.25) is 0 Å². The summed E-state index contributed by atoms with van der Waals surface area (Å²) >= 11 is 6.02. The molecule has 0 unspecified atom stereocenters. The number of piperidine rings is 1. The highest BCUT2D eigenvalue weighted by Crippen LogP contribution is 2.39. The van der Waals surface area contributed by atoms with Crippen LogP contribution in [0, 0.1) is 0 Å². The molecule has 35 heavy (non-hydrogen) atoms. The first-order valence-corrected chi connectivity index (χ1v) is 12.2. The number of allylic oxidation sites excluding steroid dienone is 1. The van der Waals surface area contributed by atoms with E-state index in [4.69, 9.17) is 21.1 Å². The number of aromatic nitrogens is 1. The Bertz CT molecular complexity index is 1260. The number of methoxy groups -OCH3 is 1. The smallest absolute Gasteiger partial charge is 0.131 e. The lowest BCUT2D eigenvalue weighted by Crippen LogP contribution is -2.41. The highest BCUT2D eigenvalue weighted by molar-refractivity contribution is 6.30. The monoisotopic (exact) mass is 488 g/mol. The van der Waals surface area contributed by atoms with Crippen LogP contribution in [0.2, 0.25) is 5.02 Å². The zero-order valence-electron chi connectivity index (χ0n) is 19.8. The van der Waals surface area contributed by atoms with E-state index < -0.39 is 5.60 Å². The fourth-order valence-corrected chi connectivity index (χ4v) is 5.00. The van der Waals surface area contributed by atoms with Crippen molar-refractivity contribution in [3.8, 4) is 11.5 Å². The predicted octanol–water partition coefficient (Wildman–Crippen LogP) is 5.96. The third kappa shape index (κ3) is 4.79. The van der Waals surface area contributed by atoms with Crippen LogP contribution in [-0.4, -0.2) is 35.2 Å². The number of pyridine rings is 1. The maximum Gasteiger partial charge on any atom is 0.131 e. The lowest BCUT2D eigenvalue weighted by atomic mass is 9.84. The van der Waals surface area contributed by atoms with Crippen molar-refractivity contribution >= 4 is 17.2 Å². The van der Waals surface area contributed by atoms with Crippen LogP contribution in [0.5, 0.6) is 11.5 Å². The maximum absolute atomic E-state index is 11.2. The summed E-state index contributed by atoms with van der Waals surface area (Å²) in [6.07, 6.45) is 5.97. The molecule has 0 bridgehead atoms. The molecule has 1 aromatic heterocycles. The molecule has 180 valence electrons. The molecule has 0 atom stereocenters. The van der Waals surface area contributed by atoms with Gasteiger partial charge < -0.3 is 19.5 Å². The Kier molecular flexibility index (Phi) is 6.54. The second-order valence-corrected chi connectivity index (χ2v) is 9.50. The number of ether oxygens (including phenoxy) is 2. The van der Waals surface area contributed by atoms with Crippen molar-refractivity contribution in [3.63, 3.8) is 0 Å². The number of nitrogens with zero attached hydrogens (tertiary/aromatic N) is 2. The molecule has 5 rings (SSSR count). The van der Waals surface area contributed by atoms with Gasteiger partial charge in [0.15, 0.2) is 0 Å². The van der Waals surface area contributed by atoms with E-state index in [0.717, 1.165) is 58.2 Å². The van der Waals surface area contributed by atoms with Crippen molar-refractivity contribution < 1.29 is 14.6 Å². The maximum atomic E-state index is 11.2. The van der Waals surface area contributed by atoms with Gasteiger partial charge in [0.25, 0.3) is 0 Å². The van der Waals surface area contributed by atoms with Crippen molar-refractivity contribution in [2.24, 2.45) is 0 Å². The minimum absolute atomic E-state index is 0.420. The fourth-order valence-electron chi connectivity index (χ4n) is 4.87. The summed E-state index contributed by atoms with van der Waals surface area (Å²) in [7, 11) is 1.67. The minimum Gasteiger partial charge on any atom is -0.497 e. The summed E-state index contributed by atoms with van der Waals surface area (Å²) < 4.78 is 11.6. The number of hydrogen-bond donors (Lipinski definition) is 1. The summed E-state index contributed by atoms with van der Waals surface area (Å²) in [6.45, 7) is 6.28. The highest BCUT2D eigenvalue weighted by atomic mass is 35.5. The van der Waals surface area contributed by atoms with Crippen LogP contribution in [-0.2, 0) is 12.2 Å². The van der Waals surface area contributed by atoms with E-state index in [1.54, 1.807) is 13.3 Å². The summed E-state index contributed by atoms with van der Waals surface area (Å²) in [6, 6.07) is 17.4. The largest absolute Gasteiger partial charge is 0.497 e. The standard InChI is InChI=1S/C29H29ClN2O3/c1-20(32-16-13-29(33,14-17-32)21-6-8-22(30)9-7-21)5-11-24-25-4-3-15-31-27(25)19-35-28-12-10-23(34-2)18-26(24)28/h3-4,6-12,15,18,33H,1,5,13-14,16-17,19H2,2H3/b24-11-. The summed E-state index contributed by atoms with van der Waals surface area (Å²) in [5.74, 6) is 1.59. The van der Waals surface area contributed by atoms with Crippen LogP contribution in [0.15, 0.2) is 79.1 Å². The molecule has 2 aromatic carbocycles. The number of fused-ring (bicyclic) bond motifs is 2. The Hall–Kier alpha value is -3.28. The Morgan fingerprint density at radius 3 is 2.69 bits per heavy atom. The van der Waals surface area contributed by atoms with Gasteiger partial charge in [-0.1, -0.05) is 42.5 Å². The molecule has 2 aliphatic heterocycles. The molecule has 1 saturated heterocycles. The average Bonchev–Trinajstić information content (AvgIpc) is 3.04. The number of aliphatic hydroxyl groups is 1. The summed E-state index contributed by atoms with van der Waals surface area (Å²) in [5.41, 5.74) is 5.13. The third-order valence-electron chi connectivity index (χ3n) is 6.98. The molecule has 0 amide bonds. The number of hydrogen-bond acceptors (Lipinski definition) is 5. The predicted molar refractivity (Wildman–Crippen MR) is 139 cm³/mol. The summed E-state index contributed by atoms with van der Waals surface area (Å²) in [5, 5.41) is 11.9. The Morgan fingerprint density at radius 2 is 1.94 bits per heavy atom. The van der Waals surface area contributed by atoms with E-state index in [0.29, 0.717) is 30.9 Å². The molecule has 5 nitrogen and oxygen atoms in total. The number of rotatable bonds is 5. The fraction of sp³-hybridized carbons (Fsp3) is 0.276. The molecule has 1 N–H and O–H groups in total. The van der Waals surface area contributed by atoms with E-state index >= 15 is 0 Å². The van der Waals surface area contributed by atoms with Crippen molar-refractivity contribution in [2.45, 2.75) is 31.5 Å². The summed E-state index contributed by atoms with van der Waals surface area (Å²) in [4.78, 5) is 6.83. The topological polar surface area (TPSA) is 54.8 Å².